The molecule has 1 aromatic carbocycles. The van der Waals surface area contributed by atoms with Crippen molar-refractivity contribution < 1.29 is 14.3 Å². The number of hydrogen-bond acceptors (Lipinski definition) is 6. The predicted octanol–water partition coefficient (Wildman–Crippen LogP) is 1.45. The van der Waals surface area contributed by atoms with E-state index in [0.29, 0.717) is 16.9 Å². The van der Waals surface area contributed by atoms with Crippen molar-refractivity contribution in [3.8, 4) is 6.07 Å². The number of ether oxygens (including phenoxy) is 1. The summed E-state index contributed by atoms with van der Waals surface area (Å²) in [6.07, 6.45) is 2.73. The number of esters is 1. The number of carbonyl (C=O) groups is 2. The molecule has 1 aromatic heterocycles. The molecule has 0 fully saturated rings. The molecule has 110 valence electrons. The molecule has 0 saturated carbocycles. The zero-order chi connectivity index (χ0) is 15.9. The first-order chi connectivity index (χ1) is 10.6. The topological polar surface area (TPSA) is 105 Å². The number of amides is 1. The number of anilines is 1. The van der Waals surface area contributed by atoms with Crippen molar-refractivity contribution in [2.45, 2.75) is 6.92 Å². The minimum atomic E-state index is -0.720. The van der Waals surface area contributed by atoms with Gasteiger partial charge in [0.1, 0.15) is 0 Å². The number of nitrogens with zero attached hydrogens (tertiary/aromatic N) is 3. The van der Waals surface area contributed by atoms with E-state index in [2.05, 4.69) is 15.3 Å². The number of aromatic nitrogens is 2. The van der Waals surface area contributed by atoms with Crippen molar-refractivity contribution in [2.24, 2.45) is 0 Å². The van der Waals surface area contributed by atoms with Crippen LogP contribution in [0.5, 0.6) is 0 Å². The van der Waals surface area contributed by atoms with Gasteiger partial charge in [-0.15, -0.1) is 0 Å². The molecular formula is C15H12N4O3. The Kier molecular flexibility index (Phi) is 4.78. The van der Waals surface area contributed by atoms with Gasteiger partial charge in [0.15, 0.2) is 12.3 Å². The lowest BCUT2D eigenvalue weighted by Gasteiger charge is -2.06. The second-order valence-electron chi connectivity index (χ2n) is 4.36. The van der Waals surface area contributed by atoms with E-state index in [1.807, 2.05) is 6.07 Å². The number of hydrogen-bond donors (Lipinski definition) is 1. The van der Waals surface area contributed by atoms with Crippen molar-refractivity contribution in [3.05, 3.63) is 53.6 Å². The smallest absolute Gasteiger partial charge is 0.359 e. The van der Waals surface area contributed by atoms with E-state index in [0.717, 1.165) is 0 Å². The lowest BCUT2D eigenvalue weighted by molar-refractivity contribution is -0.119. The molecule has 0 radical (unpaired) electrons. The Morgan fingerprint density at radius 1 is 1.23 bits per heavy atom. The van der Waals surface area contributed by atoms with Gasteiger partial charge in [0, 0.05) is 11.9 Å². The van der Waals surface area contributed by atoms with Crippen LogP contribution in [-0.2, 0) is 9.53 Å². The Morgan fingerprint density at radius 2 is 1.95 bits per heavy atom. The highest BCUT2D eigenvalue weighted by Crippen LogP contribution is 2.08. The van der Waals surface area contributed by atoms with Crippen molar-refractivity contribution >= 4 is 17.6 Å². The molecule has 0 atom stereocenters. The van der Waals surface area contributed by atoms with Crippen molar-refractivity contribution in [2.75, 3.05) is 11.9 Å². The summed E-state index contributed by atoms with van der Waals surface area (Å²) in [4.78, 5) is 31.1. The van der Waals surface area contributed by atoms with Gasteiger partial charge in [0.25, 0.3) is 5.91 Å². The minimum Gasteiger partial charge on any atom is -0.451 e. The predicted molar refractivity (Wildman–Crippen MR) is 76.8 cm³/mol. The summed E-state index contributed by atoms with van der Waals surface area (Å²) in [6, 6.07) is 8.29. The molecule has 7 nitrogen and oxygen atoms in total. The maximum absolute atomic E-state index is 11.7. The molecule has 0 unspecified atom stereocenters. The lowest BCUT2D eigenvalue weighted by Crippen LogP contribution is -2.21. The molecule has 2 rings (SSSR count). The molecule has 0 aliphatic heterocycles. The van der Waals surface area contributed by atoms with Crippen LogP contribution >= 0.6 is 0 Å². The number of rotatable bonds is 4. The Hall–Kier alpha value is -3.27. The average Bonchev–Trinajstić information content (AvgIpc) is 2.54. The first-order valence-corrected chi connectivity index (χ1v) is 6.34. The molecule has 0 aliphatic carbocycles. The molecule has 0 bridgehead atoms. The Balaban J connectivity index is 1.85. The van der Waals surface area contributed by atoms with Crippen molar-refractivity contribution in [1.29, 1.82) is 5.26 Å². The molecule has 1 heterocycles. The second-order valence-corrected chi connectivity index (χ2v) is 4.36. The SMILES string of the molecule is Cc1cnc(C(=O)OCC(=O)Nc2ccc(C#N)cc2)cn1. The summed E-state index contributed by atoms with van der Waals surface area (Å²) in [7, 11) is 0. The maximum atomic E-state index is 11.7. The van der Waals surface area contributed by atoms with E-state index >= 15 is 0 Å². The zero-order valence-corrected chi connectivity index (χ0v) is 11.7. The normalized spacial score (nSPS) is 9.64. The summed E-state index contributed by atoms with van der Waals surface area (Å²) in [5.41, 5.74) is 1.71. The number of nitriles is 1. The number of nitrogens with one attached hydrogen (secondary N) is 1. The van der Waals surface area contributed by atoms with Gasteiger partial charge in [-0.3, -0.25) is 9.78 Å². The van der Waals surface area contributed by atoms with Gasteiger partial charge in [0.05, 0.1) is 23.5 Å². The van der Waals surface area contributed by atoms with E-state index in [4.69, 9.17) is 10.00 Å². The molecule has 0 saturated heterocycles. The van der Waals surface area contributed by atoms with E-state index in [1.165, 1.54) is 12.4 Å². The molecule has 1 N–H and O–H groups in total. The van der Waals surface area contributed by atoms with Crippen molar-refractivity contribution in [3.63, 3.8) is 0 Å². The van der Waals surface area contributed by atoms with Gasteiger partial charge in [-0.2, -0.15) is 5.26 Å². The van der Waals surface area contributed by atoms with E-state index in [1.54, 1.807) is 31.2 Å². The number of benzene rings is 1. The largest absolute Gasteiger partial charge is 0.451 e. The first-order valence-electron chi connectivity index (χ1n) is 6.34. The highest BCUT2D eigenvalue weighted by molar-refractivity contribution is 5.94. The Labute approximate surface area is 126 Å². The zero-order valence-electron chi connectivity index (χ0n) is 11.7. The third-order valence-electron chi connectivity index (χ3n) is 2.62. The molecule has 0 aliphatic rings. The molecular weight excluding hydrogens is 284 g/mol. The van der Waals surface area contributed by atoms with Crippen LogP contribution in [-0.4, -0.2) is 28.5 Å². The standard InChI is InChI=1S/C15H12N4O3/c1-10-7-18-13(8-17-10)15(21)22-9-14(20)19-12-4-2-11(6-16)3-5-12/h2-5,7-8H,9H2,1H3,(H,19,20). The summed E-state index contributed by atoms with van der Waals surface area (Å²) >= 11 is 0. The van der Waals surface area contributed by atoms with Crippen LogP contribution in [0, 0.1) is 18.3 Å². The summed E-state index contributed by atoms with van der Waals surface area (Å²) in [5.74, 6) is -1.21. The highest BCUT2D eigenvalue weighted by Gasteiger charge is 2.12. The first kappa shape index (κ1) is 15.1. The summed E-state index contributed by atoms with van der Waals surface area (Å²) < 4.78 is 4.84. The fourth-order valence-corrected chi connectivity index (χ4v) is 1.53. The van der Waals surface area contributed by atoms with E-state index < -0.39 is 18.5 Å². The van der Waals surface area contributed by atoms with Crippen LogP contribution in [0.15, 0.2) is 36.7 Å². The van der Waals surface area contributed by atoms with Crippen LogP contribution in [0.1, 0.15) is 21.7 Å². The van der Waals surface area contributed by atoms with Crippen LogP contribution in [0.3, 0.4) is 0 Å². The number of carbonyl (C=O) groups excluding carboxylic acids is 2. The maximum Gasteiger partial charge on any atom is 0.359 e. The Bertz CT molecular complexity index is 718. The van der Waals surface area contributed by atoms with Gasteiger partial charge >= 0.3 is 5.97 Å². The lowest BCUT2D eigenvalue weighted by atomic mass is 10.2. The monoisotopic (exact) mass is 296 g/mol. The quantitative estimate of drug-likeness (QED) is 0.856. The van der Waals surface area contributed by atoms with Gasteiger partial charge in [-0.05, 0) is 31.2 Å². The van der Waals surface area contributed by atoms with Gasteiger partial charge in [-0.25, -0.2) is 9.78 Å². The van der Waals surface area contributed by atoms with Gasteiger partial charge in [0.2, 0.25) is 0 Å². The van der Waals surface area contributed by atoms with Gasteiger partial charge in [-0.1, -0.05) is 0 Å². The fourth-order valence-electron chi connectivity index (χ4n) is 1.53. The molecule has 22 heavy (non-hydrogen) atoms. The van der Waals surface area contributed by atoms with Crippen LogP contribution in [0.4, 0.5) is 5.69 Å². The molecule has 1 amide bonds. The Morgan fingerprint density at radius 3 is 2.55 bits per heavy atom. The van der Waals surface area contributed by atoms with E-state index in [9.17, 15) is 9.59 Å². The van der Waals surface area contributed by atoms with Gasteiger partial charge < -0.3 is 10.1 Å². The molecule has 2 aromatic rings. The average molecular weight is 296 g/mol. The number of aryl methyl sites for hydroxylation is 1. The van der Waals surface area contributed by atoms with E-state index in [-0.39, 0.29) is 5.69 Å². The van der Waals surface area contributed by atoms with Crippen LogP contribution in [0.2, 0.25) is 0 Å². The third-order valence-corrected chi connectivity index (χ3v) is 2.62. The third kappa shape index (κ3) is 4.11. The molecule has 7 heteroatoms. The highest BCUT2D eigenvalue weighted by atomic mass is 16.5. The summed E-state index contributed by atoms with van der Waals surface area (Å²) in [6.45, 7) is 1.31. The van der Waals surface area contributed by atoms with Crippen LogP contribution in [0.25, 0.3) is 0 Å². The second kappa shape index (κ2) is 6.95. The fraction of sp³-hybridized carbons (Fsp3) is 0.133. The minimum absolute atomic E-state index is 0.0387. The molecule has 0 spiro atoms. The summed E-state index contributed by atoms with van der Waals surface area (Å²) in [5, 5.41) is 11.2. The van der Waals surface area contributed by atoms with Crippen molar-refractivity contribution in [1.82, 2.24) is 9.97 Å². The van der Waals surface area contributed by atoms with Crippen LogP contribution < -0.4 is 5.32 Å².